The summed E-state index contributed by atoms with van der Waals surface area (Å²) in [6.07, 6.45) is 0.134. The molecule has 0 saturated carbocycles. The van der Waals surface area contributed by atoms with E-state index in [1.165, 1.54) is 0 Å². The first-order chi connectivity index (χ1) is 12.1. The molecule has 1 aromatic heterocycles. The van der Waals surface area contributed by atoms with Gasteiger partial charge in [-0.15, -0.1) is 0 Å². The molecule has 5 nitrogen and oxygen atoms in total. The Morgan fingerprint density at radius 3 is 2.64 bits per heavy atom. The number of pyridine rings is 1. The van der Waals surface area contributed by atoms with Crippen molar-refractivity contribution in [1.29, 1.82) is 0 Å². The molecule has 126 valence electrons. The van der Waals surface area contributed by atoms with Crippen LogP contribution in [-0.4, -0.2) is 18.1 Å². The van der Waals surface area contributed by atoms with Gasteiger partial charge in [-0.25, -0.2) is 0 Å². The molecule has 1 aliphatic heterocycles. The summed E-state index contributed by atoms with van der Waals surface area (Å²) in [4.78, 5) is 27.5. The lowest BCUT2D eigenvalue weighted by atomic mass is 9.84. The number of carbonyl (C=O) groups is 1. The van der Waals surface area contributed by atoms with E-state index in [1.54, 1.807) is 20.1 Å². The second kappa shape index (κ2) is 5.77. The van der Waals surface area contributed by atoms with Crippen molar-refractivity contribution in [2.24, 2.45) is 0 Å². The predicted octanol–water partition coefficient (Wildman–Crippen LogP) is 3.29. The molecule has 3 aromatic rings. The normalized spacial score (nSPS) is 16.4. The molecule has 0 radical (unpaired) electrons. The topological polar surface area (TPSA) is 68.4 Å². The third kappa shape index (κ3) is 2.48. The SMILES string of the molecule is COc1ccc([C@@H]2CC(=O)Oc3cc(C)[nH]c(=O)c32)c2ccccc12. The molecule has 0 amide bonds. The molecular weight excluding hydrogens is 318 g/mol. The molecule has 25 heavy (non-hydrogen) atoms. The summed E-state index contributed by atoms with van der Waals surface area (Å²) in [6.45, 7) is 1.77. The first-order valence-electron chi connectivity index (χ1n) is 8.08. The number of ether oxygens (including phenoxy) is 2. The molecule has 0 aliphatic carbocycles. The molecule has 0 fully saturated rings. The third-order valence-electron chi connectivity index (χ3n) is 4.62. The summed E-state index contributed by atoms with van der Waals surface area (Å²) >= 11 is 0. The summed E-state index contributed by atoms with van der Waals surface area (Å²) in [5.41, 5.74) is 1.87. The van der Waals surface area contributed by atoms with E-state index in [1.807, 2.05) is 36.4 Å². The van der Waals surface area contributed by atoms with Gasteiger partial charge in [-0.1, -0.05) is 30.3 Å². The highest BCUT2D eigenvalue weighted by molar-refractivity contribution is 5.92. The van der Waals surface area contributed by atoms with Gasteiger partial charge in [0.1, 0.15) is 11.5 Å². The van der Waals surface area contributed by atoms with Crippen LogP contribution in [0.25, 0.3) is 10.8 Å². The van der Waals surface area contributed by atoms with Gasteiger partial charge in [0.05, 0.1) is 19.1 Å². The van der Waals surface area contributed by atoms with Crippen molar-refractivity contribution in [3.05, 3.63) is 69.6 Å². The van der Waals surface area contributed by atoms with Gasteiger partial charge in [-0.3, -0.25) is 9.59 Å². The zero-order chi connectivity index (χ0) is 17.6. The fourth-order valence-electron chi connectivity index (χ4n) is 3.56. The predicted molar refractivity (Wildman–Crippen MR) is 94.4 cm³/mol. The minimum Gasteiger partial charge on any atom is -0.496 e. The van der Waals surface area contributed by atoms with Crippen LogP contribution in [0.2, 0.25) is 0 Å². The number of aromatic amines is 1. The number of aromatic nitrogens is 1. The van der Waals surface area contributed by atoms with Gasteiger partial charge in [0.15, 0.2) is 0 Å². The Morgan fingerprint density at radius 2 is 1.88 bits per heavy atom. The Hall–Kier alpha value is -3.08. The summed E-state index contributed by atoms with van der Waals surface area (Å²) in [5.74, 6) is 0.428. The summed E-state index contributed by atoms with van der Waals surface area (Å²) in [6, 6.07) is 13.3. The second-order valence-corrected chi connectivity index (χ2v) is 6.19. The van der Waals surface area contributed by atoms with Gasteiger partial charge in [-0.2, -0.15) is 0 Å². The number of methoxy groups -OCH3 is 1. The summed E-state index contributed by atoms with van der Waals surface area (Å²) < 4.78 is 10.8. The van der Waals surface area contributed by atoms with Crippen LogP contribution in [0, 0.1) is 6.92 Å². The van der Waals surface area contributed by atoms with Crippen LogP contribution in [-0.2, 0) is 4.79 Å². The molecule has 1 atom stereocenters. The van der Waals surface area contributed by atoms with Crippen LogP contribution < -0.4 is 15.0 Å². The Balaban J connectivity index is 2.00. The second-order valence-electron chi connectivity index (χ2n) is 6.19. The molecule has 0 unspecified atom stereocenters. The fourth-order valence-corrected chi connectivity index (χ4v) is 3.56. The molecule has 2 heterocycles. The highest BCUT2D eigenvalue weighted by Crippen LogP contribution is 2.41. The average molecular weight is 335 g/mol. The van der Waals surface area contributed by atoms with Gasteiger partial charge in [0, 0.05) is 23.1 Å². The maximum Gasteiger partial charge on any atom is 0.312 e. The lowest BCUT2D eigenvalue weighted by Crippen LogP contribution is -2.28. The molecular formula is C20H17NO4. The van der Waals surface area contributed by atoms with Crippen molar-refractivity contribution < 1.29 is 14.3 Å². The maximum absolute atomic E-state index is 12.6. The van der Waals surface area contributed by atoms with E-state index in [4.69, 9.17) is 9.47 Å². The lowest BCUT2D eigenvalue weighted by Gasteiger charge is -2.25. The molecule has 4 rings (SSSR count). The molecule has 2 aromatic carbocycles. The maximum atomic E-state index is 12.6. The molecule has 0 bridgehead atoms. The number of carbonyl (C=O) groups excluding carboxylic acids is 1. The molecule has 1 N–H and O–H groups in total. The molecule has 0 spiro atoms. The number of fused-ring (bicyclic) bond motifs is 2. The number of nitrogens with one attached hydrogen (secondary N) is 1. The highest BCUT2D eigenvalue weighted by Gasteiger charge is 2.32. The number of aryl methyl sites for hydroxylation is 1. The lowest BCUT2D eigenvalue weighted by molar-refractivity contribution is -0.135. The average Bonchev–Trinajstić information content (AvgIpc) is 2.59. The highest BCUT2D eigenvalue weighted by atomic mass is 16.5. The Morgan fingerprint density at radius 1 is 1.12 bits per heavy atom. The number of rotatable bonds is 2. The Labute approximate surface area is 144 Å². The standard InChI is InChI=1S/C20H17NO4/c1-11-9-17-19(20(23)21-11)15(10-18(22)25-17)13-7-8-16(24-2)14-6-4-3-5-12(13)14/h3-9,15H,10H2,1-2H3,(H,21,23)/t15-/m0/s1. The fraction of sp³-hybridized carbons (Fsp3) is 0.200. The number of benzene rings is 2. The van der Waals surface area contributed by atoms with Crippen LogP contribution in [0.3, 0.4) is 0 Å². The van der Waals surface area contributed by atoms with Gasteiger partial charge in [0.25, 0.3) is 5.56 Å². The first-order valence-corrected chi connectivity index (χ1v) is 8.08. The zero-order valence-electron chi connectivity index (χ0n) is 14.0. The molecule has 5 heteroatoms. The Kier molecular flexibility index (Phi) is 3.57. The van der Waals surface area contributed by atoms with E-state index >= 15 is 0 Å². The van der Waals surface area contributed by atoms with Crippen LogP contribution >= 0.6 is 0 Å². The number of esters is 1. The van der Waals surface area contributed by atoms with E-state index in [0.717, 1.165) is 22.1 Å². The van der Waals surface area contributed by atoms with Crippen molar-refractivity contribution in [2.75, 3.05) is 7.11 Å². The largest absolute Gasteiger partial charge is 0.496 e. The number of hydrogen-bond acceptors (Lipinski definition) is 4. The zero-order valence-corrected chi connectivity index (χ0v) is 14.0. The smallest absolute Gasteiger partial charge is 0.312 e. The van der Waals surface area contributed by atoms with Gasteiger partial charge < -0.3 is 14.5 Å². The number of hydrogen-bond donors (Lipinski definition) is 1. The van der Waals surface area contributed by atoms with E-state index in [9.17, 15) is 9.59 Å². The van der Waals surface area contributed by atoms with Gasteiger partial charge in [0.2, 0.25) is 0 Å². The van der Waals surface area contributed by atoms with E-state index in [0.29, 0.717) is 17.0 Å². The van der Waals surface area contributed by atoms with Crippen LogP contribution in [0.15, 0.2) is 47.3 Å². The minimum atomic E-state index is -0.351. The van der Waals surface area contributed by atoms with Crippen molar-refractivity contribution in [1.82, 2.24) is 4.98 Å². The van der Waals surface area contributed by atoms with Crippen molar-refractivity contribution in [3.8, 4) is 11.5 Å². The van der Waals surface area contributed by atoms with Crippen molar-refractivity contribution in [2.45, 2.75) is 19.3 Å². The van der Waals surface area contributed by atoms with Gasteiger partial charge in [-0.05, 0) is 23.9 Å². The van der Waals surface area contributed by atoms with Crippen LogP contribution in [0.1, 0.15) is 29.2 Å². The van der Waals surface area contributed by atoms with Crippen molar-refractivity contribution in [3.63, 3.8) is 0 Å². The Bertz CT molecular complexity index is 1050. The van der Waals surface area contributed by atoms with Crippen LogP contribution in [0.5, 0.6) is 11.5 Å². The van der Waals surface area contributed by atoms with E-state index < -0.39 is 0 Å². The van der Waals surface area contributed by atoms with Crippen LogP contribution in [0.4, 0.5) is 0 Å². The summed E-state index contributed by atoms with van der Waals surface area (Å²) in [5, 5.41) is 1.92. The van der Waals surface area contributed by atoms with Crippen molar-refractivity contribution >= 4 is 16.7 Å². The molecule has 1 aliphatic rings. The minimum absolute atomic E-state index is 0.134. The van der Waals surface area contributed by atoms with E-state index in [-0.39, 0.29) is 23.9 Å². The monoisotopic (exact) mass is 335 g/mol. The van der Waals surface area contributed by atoms with E-state index in [2.05, 4.69) is 4.98 Å². The molecule has 0 saturated heterocycles. The number of H-pyrrole nitrogens is 1. The van der Waals surface area contributed by atoms with Gasteiger partial charge >= 0.3 is 5.97 Å². The quantitative estimate of drug-likeness (QED) is 0.730. The summed E-state index contributed by atoms with van der Waals surface area (Å²) in [7, 11) is 1.63. The third-order valence-corrected chi connectivity index (χ3v) is 4.62. The first kappa shape index (κ1) is 15.4.